The maximum absolute atomic E-state index is 12.2. The van der Waals surface area contributed by atoms with E-state index in [1.54, 1.807) is 0 Å². The third kappa shape index (κ3) is 7.44. The van der Waals surface area contributed by atoms with E-state index in [9.17, 15) is 8.42 Å². The summed E-state index contributed by atoms with van der Waals surface area (Å²) in [5.41, 5.74) is 1.72. The van der Waals surface area contributed by atoms with Crippen molar-refractivity contribution in [3.8, 4) is 0 Å². The highest BCUT2D eigenvalue weighted by Gasteiger charge is 2.21. The summed E-state index contributed by atoms with van der Waals surface area (Å²) >= 11 is 0. The van der Waals surface area contributed by atoms with Gasteiger partial charge in [-0.2, -0.15) is 0 Å². The molecular formula is C18H30N4O2S. The first-order chi connectivity index (χ1) is 11.9. The molecule has 1 saturated carbocycles. The Morgan fingerprint density at radius 2 is 1.88 bits per heavy atom. The summed E-state index contributed by atoms with van der Waals surface area (Å²) in [5.74, 6) is 1.53. The van der Waals surface area contributed by atoms with E-state index < -0.39 is 10.0 Å². The van der Waals surface area contributed by atoms with Crippen LogP contribution in [0.5, 0.6) is 0 Å². The van der Waals surface area contributed by atoms with Crippen LogP contribution in [0.15, 0.2) is 29.3 Å². The molecule has 25 heavy (non-hydrogen) atoms. The molecule has 2 rings (SSSR count). The first kappa shape index (κ1) is 19.7. The van der Waals surface area contributed by atoms with E-state index in [-0.39, 0.29) is 11.8 Å². The Kier molecular flexibility index (Phi) is 7.25. The van der Waals surface area contributed by atoms with Crippen LogP contribution in [-0.4, -0.2) is 33.5 Å². The zero-order valence-electron chi connectivity index (χ0n) is 15.4. The Morgan fingerprint density at radius 1 is 1.20 bits per heavy atom. The van der Waals surface area contributed by atoms with E-state index in [0.717, 1.165) is 36.1 Å². The maximum atomic E-state index is 12.2. The number of hydrogen-bond acceptors (Lipinski definition) is 3. The van der Waals surface area contributed by atoms with Crippen molar-refractivity contribution >= 4 is 16.0 Å². The topological polar surface area (TPSA) is 82.6 Å². The second-order valence-electron chi connectivity index (χ2n) is 6.82. The molecule has 1 aliphatic rings. The largest absolute Gasteiger partial charge is 0.357 e. The van der Waals surface area contributed by atoms with E-state index in [4.69, 9.17) is 0 Å². The van der Waals surface area contributed by atoms with Crippen molar-refractivity contribution in [2.45, 2.75) is 52.0 Å². The molecule has 3 N–H and O–H groups in total. The quantitative estimate of drug-likeness (QED) is 0.461. The van der Waals surface area contributed by atoms with Gasteiger partial charge >= 0.3 is 0 Å². The molecule has 0 aromatic heterocycles. The Labute approximate surface area is 151 Å². The fraction of sp³-hybridized carbons (Fsp3) is 0.611. The van der Waals surface area contributed by atoms with Crippen molar-refractivity contribution in [3.05, 3.63) is 35.4 Å². The fourth-order valence-corrected chi connectivity index (χ4v) is 4.02. The van der Waals surface area contributed by atoms with Crippen molar-refractivity contribution in [2.75, 3.05) is 13.1 Å². The predicted molar refractivity (Wildman–Crippen MR) is 103 cm³/mol. The van der Waals surface area contributed by atoms with Gasteiger partial charge in [0.25, 0.3) is 0 Å². The van der Waals surface area contributed by atoms with E-state index in [2.05, 4.69) is 20.3 Å². The van der Waals surface area contributed by atoms with Gasteiger partial charge < -0.3 is 10.6 Å². The summed E-state index contributed by atoms with van der Waals surface area (Å²) < 4.78 is 27.1. The number of nitrogens with one attached hydrogen (secondary N) is 3. The number of sulfonamides is 1. The zero-order valence-corrected chi connectivity index (χ0v) is 16.2. The molecule has 140 valence electrons. The van der Waals surface area contributed by atoms with Crippen molar-refractivity contribution in [1.82, 2.24) is 15.4 Å². The third-order valence-corrected chi connectivity index (χ3v) is 5.41. The fourth-order valence-electron chi connectivity index (χ4n) is 2.53. The van der Waals surface area contributed by atoms with Crippen LogP contribution in [0.1, 0.15) is 44.7 Å². The van der Waals surface area contributed by atoms with Gasteiger partial charge in [-0.15, -0.1) is 0 Å². The first-order valence-electron chi connectivity index (χ1n) is 8.98. The van der Waals surface area contributed by atoms with Gasteiger partial charge in [-0.25, -0.2) is 18.1 Å². The monoisotopic (exact) mass is 366 g/mol. The van der Waals surface area contributed by atoms with Crippen LogP contribution < -0.4 is 15.4 Å². The summed E-state index contributed by atoms with van der Waals surface area (Å²) in [6.07, 6.45) is 2.58. The van der Waals surface area contributed by atoms with E-state index in [1.807, 2.05) is 45.0 Å². The van der Waals surface area contributed by atoms with Crippen LogP contribution in [-0.2, 0) is 22.3 Å². The van der Waals surface area contributed by atoms with Gasteiger partial charge in [0.05, 0.1) is 12.3 Å². The van der Waals surface area contributed by atoms with E-state index >= 15 is 0 Å². The second-order valence-corrected chi connectivity index (χ2v) is 8.57. The minimum atomic E-state index is -3.35. The van der Waals surface area contributed by atoms with Gasteiger partial charge in [-0.3, -0.25) is 0 Å². The smallest absolute Gasteiger partial charge is 0.216 e. The number of rotatable bonds is 9. The lowest BCUT2D eigenvalue weighted by Crippen LogP contribution is -2.38. The molecule has 0 spiro atoms. The summed E-state index contributed by atoms with van der Waals surface area (Å²) in [7, 11) is -3.35. The molecule has 0 heterocycles. The van der Waals surface area contributed by atoms with E-state index in [1.165, 1.54) is 12.8 Å². The molecule has 0 amide bonds. The van der Waals surface area contributed by atoms with Gasteiger partial charge in [0.2, 0.25) is 10.0 Å². The number of hydrogen-bond donors (Lipinski definition) is 3. The average molecular weight is 367 g/mol. The van der Waals surface area contributed by atoms with Gasteiger partial charge in [-0.05, 0) is 50.7 Å². The molecule has 0 bridgehead atoms. The van der Waals surface area contributed by atoms with Crippen molar-refractivity contribution in [1.29, 1.82) is 0 Å². The predicted octanol–water partition coefficient (Wildman–Crippen LogP) is 1.98. The summed E-state index contributed by atoms with van der Waals surface area (Å²) in [6.45, 7) is 7.87. The van der Waals surface area contributed by atoms with Gasteiger partial charge in [0.1, 0.15) is 0 Å². The van der Waals surface area contributed by atoms with Gasteiger partial charge in [0.15, 0.2) is 5.96 Å². The van der Waals surface area contributed by atoms with Crippen LogP contribution in [0.2, 0.25) is 0 Å². The molecule has 7 heteroatoms. The molecule has 0 radical (unpaired) electrons. The minimum Gasteiger partial charge on any atom is -0.357 e. The molecule has 0 aliphatic heterocycles. The molecule has 0 atom stereocenters. The Morgan fingerprint density at radius 3 is 2.48 bits per heavy atom. The number of guanidine groups is 1. The summed E-state index contributed by atoms with van der Waals surface area (Å²) in [5, 5.41) is 6.59. The third-order valence-electron chi connectivity index (χ3n) is 3.89. The molecule has 6 nitrogen and oxygen atoms in total. The average Bonchev–Trinajstić information content (AvgIpc) is 3.34. The lowest BCUT2D eigenvalue weighted by atomic mass is 10.1. The van der Waals surface area contributed by atoms with Crippen molar-refractivity contribution in [2.24, 2.45) is 10.9 Å². The highest BCUT2D eigenvalue weighted by atomic mass is 32.2. The van der Waals surface area contributed by atoms with Crippen LogP contribution >= 0.6 is 0 Å². The molecule has 1 fully saturated rings. The molecule has 1 aliphatic carbocycles. The van der Waals surface area contributed by atoms with Gasteiger partial charge in [-0.1, -0.05) is 24.3 Å². The Balaban J connectivity index is 2.06. The van der Waals surface area contributed by atoms with Crippen LogP contribution in [0.3, 0.4) is 0 Å². The standard InChI is InChI=1S/C18H30N4O2S/c1-4-19-18(20-11-15-9-10-15)21-12-16-7-5-6-8-17(16)13-25(23,24)22-14(2)3/h5-8,14-15,22H,4,9-13H2,1-3H3,(H2,19,20,21). The lowest BCUT2D eigenvalue weighted by molar-refractivity contribution is 0.569. The molecule has 0 unspecified atom stereocenters. The molecular weight excluding hydrogens is 336 g/mol. The van der Waals surface area contributed by atoms with E-state index in [0.29, 0.717) is 6.54 Å². The van der Waals surface area contributed by atoms with Crippen molar-refractivity contribution in [3.63, 3.8) is 0 Å². The molecule has 1 aromatic rings. The summed E-state index contributed by atoms with van der Waals surface area (Å²) in [4.78, 5) is 4.61. The molecule has 0 saturated heterocycles. The highest BCUT2D eigenvalue weighted by molar-refractivity contribution is 7.88. The van der Waals surface area contributed by atoms with Crippen molar-refractivity contribution < 1.29 is 8.42 Å². The minimum absolute atomic E-state index is 0.0249. The normalized spacial score (nSPS) is 15.4. The number of benzene rings is 1. The lowest BCUT2D eigenvalue weighted by Gasteiger charge is -2.13. The van der Waals surface area contributed by atoms with Crippen LogP contribution in [0.25, 0.3) is 0 Å². The maximum Gasteiger partial charge on any atom is 0.216 e. The number of aliphatic imine (C=N–C) groups is 1. The Hall–Kier alpha value is -1.60. The Bertz CT molecular complexity index is 682. The van der Waals surface area contributed by atoms with Gasteiger partial charge in [0, 0.05) is 19.1 Å². The molecule has 1 aromatic carbocycles. The second kappa shape index (κ2) is 9.20. The zero-order chi connectivity index (χ0) is 18.3. The number of nitrogens with zero attached hydrogens (tertiary/aromatic N) is 1. The van der Waals surface area contributed by atoms with Crippen LogP contribution in [0.4, 0.5) is 0 Å². The van der Waals surface area contributed by atoms with Crippen LogP contribution in [0, 0.1) is 5.92 Å². The SMILES string of the molecule is CCNC(=NCc1ccccc1CS(=O)(=O)NC(C)C)NCC1CC1. The first-order valence-corrected chi connectivity index (χ1v) is 10.6. The summed E-state index contributed by atoms with van der Waals surface area (Å²) in [6, 6.07) is 7.47. The highest BCUT2D eigenvalue weighted by Crippen LogP contribution is 2.27.